The first-order valence-electron chi connectivity index (χ1n) is 6.23. The summed E-state index contributed by atoms with van der Waals surface area (Å²) in [4.78, 5) is 2.57. The highest BCUT2D eigenvalue weighted by molar-refractivity contribution is 4.90. The minimum atomic E-state index is 0.787. The van der Waals surface area contributed by atoms with Gasteiger partial charge in [0.25, 0.3) is 0 Å². The lowest BCUT2D eigenvalue weighted by Crippen LogP contribution is -2.41. The molecule has 2 nitrogen and oxygen atoms in total. The molecule has 0 aromatic heterocycles. The van der Waals surface area contributed by atoms with Gasteiger partial charge in [0, 0.05) is 6.04 Å². The summed E-state index contributed by atoms with van der Waals surface area (Å²) >= 11 is 0. The third kappa shape index (κ3) is 2.29. The molecule has 1 heterocycles. The molecule has 82 valence electrons. The number of rotatable bonds is 3. The topological polar surface area (TPSA) is 29.3 Å². The lowest BCUT2D eigenvalue weighted by molar-refractivity contribution is 0.165. The molecule has 0 spiro atoms. The van der Waals surface area contributed by atoms with E-state index in [2.05, 4.69) is 11.9 Å². The van der Waals surface area contributed by atoms with Crippen molar-refractivity contribution in [2.24, 2.45) is 17.6 Å². The Bertz CT molecular complexity index is 177. The van der Waals surface area contributed by atoms with Crippen molar-refractivity contribution >= 4 is 0 Å². The van der Waals surface area contributed by atoms with Gasteiger partial charge >= 0.3 is 0 Å². The maximum Gasteiger partial charge on any atom is 0.0135 e. The van der Waals surface area contributed by atoms with E-state index in [1.165, 1.54) is 45.1 Å². The van der Waals surface area contributed by atoms with Crippen molar-refractivity contribution in [3.8, 4) is 0 Å². The quantitative estimate of drug-likeness (QED) is 0.746. The number of nitrogens with two attached hydrogens (primary N) is 1. The molecule has 1 saturated carbocycles. The van der Waals surface area contributed by atoms with Gasteiger partial charge in [-0.1, -0.05) is 12.8 Å². The molecular weight excluding hydrogens is 172 g/mol. The van der Waals surface area contributed by atoms with Crippen LogP contribution >= 0.6 is 0 Å². The van der Waals surface area contributed by atoms with Gasteiger partial charge in [-0.3, -0.25) is 0 Å². The molecule has 2 N–H and O–H groups in total. The van der Waals surface area contributed by atoms with Crippen LogP contribution in [0.5, 0.6) is 0 Å². The van der Waals surface area contributed by atoms with Gasteiger partial charge in [-0.2, -0.15) is 0 Å². The van der Waals surface area contributed by atoms with Crippen molar-refractivity contribution in [2.45, 2.75) is 44.6 Å². The van der Waals surface area contributed by atoms with Crippen LogP contribution in [0.3, 0.4) is 0 Å². The standard InChI is InChI=1S/C12H24N2/c1-14-8-4-2-3-5-12(14)11(9-13)10-6-7-10/h10-12H,2-9,13H2,1H3. The van der Waals surface area contributed by atoms with Crippen LogP contribution < -0.4 is 5.73 Å². The molecule has 14 heavy (non-hydrogen) atoms. The molecule has 0 amide bonds. The molecule has 2 unspecified atom stereocenters. The zero-order valence-electron chi connectivity index (χ0n) is 9.41. The molecule has 1 aliphatic carbocycles. The first-order valence-corrected chi connectivity index (χ1v) is 6.23. The molecule has 2 rings (SSSR count). The zero-order valence-corrected chi connectivity index (χ0v) is 9.41. The Hall–Kier alpha value is -0.0800. The van der Waals surface area contributed by atoms with Gasteiger partial charge in [0.05, 0.1) is 0 Å². The molecule has 1 saturated heterocycles. The highest BCUT2D eigenvalue weighted by atomic mass is 15.1. The van der Waals surface area contributed by atoms with Crippen molar-refractivity contribution in [3.63, 3.8) is 0 Å². The van der Waals surface area contributed by atoms with E-state index < -0.39 is 0 Å². The van der Waals surface area contributed by atoms with Crippen LogP contribution in [0.25, 0.3) is 0 Å². The SMILES string of the molecule is CN1CCCCCC1C(CN)C1CC1. The van der Waals surface area contributed by atoms with E-state index >= 15 is 0 Å². The van der Waals surface area contributed by atoms with Gasteiger partial charge in [0.2, 0.25) is 0 Å². The Balaban J connectivity index is 1.96. The predicted octanol–water partition coefficient (Wildman–Crippen LogP) is 1.85. The third-order valence-corrected chi connectivity index (χ3v) is 4.07. The van der Waals surface area contributed by atoms with Crippen molar-refractivity contribution < 1.29 is 0 Å². The molecule has 0 aromatic carbocycles. The molecule has 0 aromatic rings. The first-order chi connectivity index (χ1) is 6.83. The predicted molar refractivity (Wildman–Crippen MR) is 60.2 cm³/mol. The van der Waals surface area contributed by atoms with Crippen LogP contribution in [0.2, 0.25) is 0 Å². The van der Waals surface area contributed by atoms with E-state index in [0.29, 0.717) is 0 Å². The molecule has 0 radical (unpaired) electrons. The van der Waals surface area contributed by atoms with Gasteiger partial charge in [0.1, 0.15) is 0 Å². The Labute approximate surface area is 87.8 Å². The summed E-state index contributed by atoms with van der Waals surface area (Å²) in [6, 6.07) is 0.787. The van der Waals surface area contributed by atoms with E-state index in [1.54, 1.807) is 0 Å². The molecule has 2 heteroatoms. The molecular formula is C12H24N2. The van der Waals surface area contributed by atoms with E-state index in [4.69, 9.17) is 5.73 Å². The number of hydrogen-bond acceptors (Lipinski definition) is 2. The van der Waals surface area contributed by atoms with E-state index in [0.717, 1.165) is 24.4 Å². The van der Waals surface area contributed by atoms with E-state index in [1.807, 2.05) is 0 Å². The van der Waals surface area contributed by atoms with E-state index in [-0.39, 0.29) is 0 Å². The molecule has 0 bridgehead atoms. The highest BCUT2D eigenvalue weighted by Crippen LogP contribution is 2.40. The summed E-state index contributed by atoms with van der Waals surface area (Å²) in [7, 11) is 2.29. The molecule has 2 aliphatic rings. The number of likely N-dealkylation sites (tertiary alicyclic amines) is 1. The average Bonchev–Trinajstić information content (AvgIpc) is 2.98. The van der Waals surface area contributed by atoms with Crippen molar-refractivity contribution in [3.05, 3.63) is 0 Å². The van der Waals surface area contributed by atoms with Crippen LogP contribution in [0.15, 0.2) is 0 Å². The lowest BCUT2D eigenvalue weighted by Gasteiger charge is -2.32. The maximum atomic E-state index is 5.93. The van der Waals surface area contributed by atoms with Crippen molar-refractivity contribution in [1.82, 2.24) is 4.90 Å². The number of nitrogens with zero attached hydrogens (tertiary/aromatic N) is 1. The van der Waals surface area contributed by atoms with E-state index in [9.17, 15) is 0 Å². The van der Waals surface area contributed by atoms with Crippen LogP contribution in [-0.4, -0.2) is 31.1 Å². The van der Waals surface area contributed by atoms with Gasteiger partial charge < -0.3 is 10.6 Å². The van der Waals surface area contributed by atoms with Gasteiger partial charge in [-0.15, -0.1) is 0 Å². The Kier molecular flexibility index (Phi) is 3.45. The van der Waals surface area contributed by atoms with Gasteiger partial charge in [0.15, 0.2) is 0 Å². The molecule has 2 fully saturated rings. The van der Waals surface area contributed by atoms with Crippen LogP contribution in [0.1, 0.15) is 38.5 Å². The van der Waals surface area contributed by atoms with Crippen molar-refractivity contribution in [2.75, 3.05) is 20.1 Å². The average molecular weight is 196 g/mol. The summed E-state index contributed by atoms with van der Waals surface area (Å²) in [5.74, 6) is 1.75. The fourth-order valence-electron chi connectivity index (χ4n) is 3.01. The van der Waals surface area contributed by atoms with Crippen LogP contribution in [-0.2, 0) is 0 Å². The Morgan fingerprint density at radius 3 is 2.64 bits per heavy atom. The second-order valence-electron chi connectivity index (χ2n) is 5.13. The second kappa shape index (κ2) is 4.63. The smallest absolute Gasteiger partial charge is 0.0135 e. The normalized spacial score (nSPS) is 32.6. The molecule has 1 aliphatic heterocycles. The second-order valence-corrected chi connectivity index (χ2v) is 5.13. The Morgan fingerprint density at radius 2 is 2.00 bits per heavy atom. The zero-order chi connectivity index (χ0) is 9.97. The lowest BCUT2D eigenvalue weighted by atomic mass is 9.90. The summed E-state index contributed by atoms with van der Waals surface area (Å²) in [6.07, 6.45) is 8.48. The fourth-order valence-corrected chi connectivity index (χ4v) is 3.01. The first kappa shape index (κ1) is 10.4. The molecule has 2 atom stereocenters. The Morgan fingerprint density at radius 1 is 1.21 bits per heavy atom. The largest absolute Gasteiger partial charge is 0.330 e. The minimum absolute atomic E-state index is 0.787. The number of hydrogen-bond donors (Lipinski definition) is 1. The monoisotopic (exact) mass is 196 g/mol. The summed E-state index contributed by atoms with van der Waals surface area (Å²) in [5, 5.41) is 0. The summed E-state index contributed by atoms with van der Waals surface area (Å²) in [6.45, 7) is 2.19. The summed E-state index contributed by atoms with van der Waals surface area (Å²) in [5.41, 5.74) is 5.93. The van der Waals surface area contributed by atoms with Crippen LogP contribution in [0.4, 0.5) is 0 Å². The fraction of sp³-hybridized carbons (Fsp3) is 1.00. The van der Waals surface area contributed by atoms with Gasteiger partial charge in [-0.05, 0) is 57.7 Å². The van der Waals surface area contributed by atoms with Crippen molar-refractivity contribution in [1.29, 1.82) is 0 Å². The minimum Gasteiger partial charge on any atom is -0.330 e. The maximum absolute atomic E-state index is 5.93. The third-order valence-electron chi connectivity index (χ3n) is 4.07. The van der Waals surface area contributed by atoms with Gasteiger partial charge in [-0.25, -0.2) is 0 Å². The summed E-state index contributed by atoms with van der Waals surface area (Å²) < 4.78 is 0. The van der Waals surface area contributed by atoms with Crippen LogP contribution in [0, 0.1) is 11.8 Å². The highest BCUT2D eigenvalue weighted by Gasteiger charge is 2.37.